The highest BCUT2D eigenvalue weighted by atomic mass is 32.2. The molecule has 1 fully saturated rings. The molecule has 1 aliphatic carbocycles. The molecule has 0 heterocycles. The molecule has 0 aliphatic heterocycles. The molecule has 98 heavy (non-hydrogen) atoms. The number of rotatable bonds is 25. The Morgan fingerprint density at radius 1 is 0.367 bits per heavy atom. The van der Waals surface area contributed by atoms with E-state index in [4.69, 9.17) is 18.9 Å². The Labute approximate surface area is 575 Å². The Balaban J connectivity index is 0.927. The van der Waals surface area contributed by atoms with Gasteiger partial charge in [0.2, 0.25) is 19.7 Å². The van der Waals surface area contributed by atoms with Gasteiger partial charge in [-0.15, -0.1) is 0 Å². The minimum Gasteiger partial charge on any atom is -0.488 e. The van der Waals surface area contributed by atoms with E-state index in [1.807, 2.05) is 58.9 Å². The van der Waals surface area contributed by atoms with Crippen LogP contribution in [-0.4, -0.2) is 79.9 Å². The summed E-state index contributed by atoms with van der Waals surface area (Å²) in [7, 11) is -30.0. The molecule has 0 bridgehead atoms. The third kappa shape index (κ3) is 15.4. The van der Waals surface area contributed by atoms with Crippen molar-refractivity contribution in [2.75, 3.05) is 0 Å². The van der Waals surface area contributed by atoms with Crippen LogP contribution in [0.1, 0.15) is 149 Å². The van der Waals surface area contributed by atoms with Crippen LogP contribution in [0.4, 0.5) is 0 Å². The van der Waals surface area contributed by atoms with E-state index >= 15 is 0 Å². The topological polar surface area (TPSA) is 323 Å². The summed E-state index contributed by atoms with van der Waals surface area (Å²) < 4.78 is 227. The van der Waals surface area contributed by atoms with E-state index in [9.17, 15) is 68.7 Å². The highest BCUT2D eigenvalue weighted by Crippen LogP contribution is 2.50. The van der Waals surface area contributed by atoms with E-state index in [1.165, 1.54) is 24.3 Å². The lowest BCUT2D eigenvalue weighted by molar-refractivity contribution is 0.0106. The molecule has 0 aromatic heterocycles. The minimum absolute atomic E-state index is 0.0217. The Morgan fingerprint density at radius 2 is 0.694 bits per heavy atom. The second-order valence-corrected chi connectivity index (χ2v) is 35.7. The number of benzene rings is 8. The molecule has 0 saturated heterocycles. The Hall–Kier alpha value is -7.50. The van der Waals surface area contributed by atoms with Crippen molar-refractivity contribution in [2.24, 2.45) is 0 Å². The lowest BCUT2D eigenvalue weighted by atomic mass is 9.65. The smallest absolute Gasteiger partial charge is 0.298 e. The summed E-state index contributed by atoms with van der Waals surface area (Å²) in [6.45, 7) is 18.3. The van der Waals surface area contributed by atoms with Gasteiger partial charge in [0.1, 0.15) is 55.5 Å². The first-order valence-corrected chi connectivity index (χ1v) is 40.4. The van der Waals surface area contributed by atoms with Crippen molar-refractivity contribution in [2.45, 2.75) is 194 Å². The molecule has 1 aliphatic rings. The van der Waals surface area contributed by atoms with Crippen LogP contribution in [-0.2, 0) is 76.4 Å². The normalized spacial score (nSPS) is 14.6. The molecule has 9 rings (SSSR count). The maximum atomic E-state index is 14.5. The third-order valence-electron chi connectivity index (χ3n) is 19.0. The number of sulfone groups is 2. The quantitative estimate of drug-likeness (QED) is 0.0386. The molecule has 0 atom stereocenters. The van der Waals surface area contributed by atoms with Crippen LogP contribution in [0.15, 0.2) is 209 Å². The van der Waals surface area contributed by atoms with Crippen molar-refractivity contribution in [1.29, 1.82) is 0 Å². The van der Waals surface area contributed by atoms with Crippen molar-refractivity contribution in [3.63, 3.8) is 0 Å². The van der Waals surface area contributed by atoms with Crippen LogP contribution >= 0.6 is 0 Å². The average Bonchev–Trinajstić information content (AvgIpc) is 0.747. The molecule has 524 valence electrons. The highest BCUT2D eigenvalue weighted by Gasteiger charge is 2.49. The SMILES string of the molecule is CCC(C)(CC)c1ccc(S(=O)(=O)c2ccc(Oc3ccc(-c4ccc(OC(C)(C)C(CC)(CC)c5ccc(S(=O)(=O)c6ccc(Oc7ccc(C8(c9ccc(OC(C)(C)C)cc9)CCCCC8)cc7)c(S(=O)(=O)O)c6)cc5S(=O)(=O)O)cc4)cc3)c(S(=O)(=O)O)c2)cc1S(=O)(=O)O. The van der Waals surface area contributed by atoms with E-state index in [2.05, 4.69) is 12.1 Å². The molecule has 8 aromatic rings. The standard InChI is InChI=1S/C72H80O20S6/c1-11-70(10,12-2)60-38-34-56(44-64(60)95(77,78)79)93(73,74)58-36-40-62(66(46-58)97(83,84)85)89-52-26-18-48(19-27-52)49-20-28-55(29-21-49)92-69(8,9)72(13-3,14-4)61-39-35-57(45-65(61)96(80,81)82)94(75,76)59-37-41-63(67(47-59)98(86,87)88)90-53-30-22-50(23-31-53)71(42-16-15-17-43-71)51-24-32-54(33-25-51)91-68(5,6)7/h18-41,44-47H,11-17,42-43H2,1-10H3,(H,77,78,79)(H,80,81,82)(H,83,84,85)(H,86,87,88). The second kappa shape index (κ2) is 27.6. The van der Waals surface area contributed by atoms with Crippen LogP contribution in [0.3, 0.4) is 0 Å². The third-order valence-corrected chi connectivity index (χ3v) is 26.0. The van der Waals surface area contributed by atoms with E-state index in [0.29, 0.717) is 41.9 Å². The maximum Gasteiger partial charge on any atom is 0.298 e. The predicted octanol–water partition coefficient (Wildman–Crippen LogP) is 16.0. The van der Waals surface area contributed by atoms with Crippen LogP contribution in [0.25, 0.3) is 11.1 Å². The highest BCUT2D eigenvalue weighted by molar-refractivity contribution is 7.92. The Kier molecular flexibility index (Phi) is 21.0. The minimum atomic E-state index is -5.21. The summed E-state index contributed by atoms with van der Waals surface area (Å²) in [5.74, 6) is 0.503. The molecule has 8 aromatic carbocycles. The first-order chi connectivity index (χ1) is 45.6. The van der Waals surface area contributed by atoms with Crippen LogP contribution in [0, 0.1) is 0 Å². The monoisotopic (exact) mass is 1460 g/mol. The van der Waals surface area contributed by atoms with Crippen LogP contribution in [0.2, 0.25) is 0 Å². The van der Waals surface area contributed by atoms with E-state index in [1.54, 1.807) is 83.1 Å². The van der Waals surface area contributed by atoms with Gasteiger partial charge in [0.25, 0.3) is 40.5 Å². The lowest BCUT2D eigenvalue weighted by Crippen LogP contribution is -2.51. The van der Waals surface area contributed by atoms with Gasteiger partial charge in [0.15, 0.2) is 0 Å². The second-order valence-electron chi connectivity index (χ2n) is 26.3. The average molecular weight is 1460 g/mol. The zero-order chi connectivity index (χ0) is 72.0. The van der Waals surface area contributed by atoms with Gasteiger partial charge in [-0.05, 0) is 221 Å². The molecule has 0 radical (unpaired) electrons. The fourth-order valence-electron chi connectivity index (χ4n) is 13.3. The van der Waals surface area contributed by atoms with Crippen molar-refractivity contribution in [1.82, 2.24) is 0 Å². The van der Waals surface area contributed by atoms with Gasteiger partial charge in [-0.2, -0.15) is 33.7 Å². The summed E-state index contributed by atoms with van der Waals surface area (Å²) in [5.41, 5.74) is -0.370. The van der Waals surface area contributed by atoms with Gasteiger partial charge in [0.05, 0.1) is 29.4 Å². The molecule has 26 heteroatoms. The number of hydrogen-bond acceptors (Lipinski definition) is 16. The zero-order valence-electron chi connectivity index (χ0n) is 55.8. The van der Waals surface area contributed by atoms with Gasteiger partial charge in [-0.1, -0.05) is 115 Å². The summed E-state index contributed by atoms with van der Waals surface area (Å²) >= 11 is 0. The molecule has 0 amide bonds. The molecule has 1 saturated carbocycles. The predicted molar refractivity (Wildman–Crippen MR) is 370 cm³/mol. The maximum absolute atomic E-state index is 14.5. The van der Waals surface area contributed by atoms with Gasteiger partial charge in [-0.3, -0.25) is 18.2 Å². The van der Waals surface area contributed by atoms with Gasteiger partial charge >= 0.3 is 0 Å². The number of hydrogen-bond donors (Lipinski definition) is 4. The van der Waals surface area contributed by atoms with Crippen LogP contribution in [0.5, 0.6) is 34.5 Å². The molecular weight excluding hydrogens is 1380 g/mol. The lowest BCUT2D eigenvalue weighted by Gasteiger charge is -2.47. The van der Waals surface area contributed by atoms with Gasteiger partial charge < -0.3 is 18.9 Å². The van der Waals surface area contributed by atoms with E-state index < -0.39 is 121 Å². The molecule has 0 spiro atoms. The first-order valence-electron chi connectivity index (χ1n) is 31.7. The van der Waals surface area contributed by atoms with Crippen LogP contribution < -0.4 is 18.9 Å². The fourth-order valence-corrected chi connectivity index (χ4v) is 19.2. The summed E-state index contributed by atoms with van der Waals surface area (Å²) in [5, 5.41) is 0. The Bertz CT molecular complexity index is 5010. The van der Waals surface area contributed by atoms with E-state index in [-0.39, 0.29) is 52.2 Å². The summed E-state index contributed by atoms with van der Waals surface area (Å²) in [4.78, 5) is -5.63. The van der Waals surface area contributed by atoms with Crippen molar-refractivity contribution >= 4 is 60.1 Å². The fraction of sp³-hybridized carbons (Fsp3) is 0.333. The number of ether oxygens (including phenoxy) is 4. The van der Waals surface area contributed by atoms with Gasteiger partial charge in [-0.25, -0.2) is 16.8 Å². The summed E-state index contributed by atoms with van der Waals surface area (Å²) in [6.07, 6.45) is 6.19. The first kappa shape index (κ1) is 74.7. The summed E-state index contributed by atoms with van der Waals surface area (Å²) in [6, 6.07) is 40.3. The molecule has 0 unspecified atom stereocenters. The molecule has 4 N–H and O–H groups in total. The van der Waals surface area contributed by atoms with Crippen molar-refractivity contribution < 1.29 is 87.7 Å². The molecular formula is C72H80O20S6. The van der Waals surface area contributed by atoms with E-state index in [0.717, 1.165) is 97.5 Å². The Morgan fingerprint density at radius 3 is 1.06 bits per heavy atom. The molecule has 20 nitrogen and oxygen atoms in total. The largest absolute Gasteiger partial charge is 0.488 e. The zero-order valence-corrected chi connectivity index (χ0v) is 60.7. The van der Waals surface area contributed by atoms with Crippen molar-refractivity contribution in [3.8, 4) is 45.6 Å². The van der Waals surface area contributed by atoms with Crippen molar-refractivity contribution in [3.05, 3.63) is 192 Å². The van der Waals surface area contributed by atoms with Gasteiger partial charge in [0, 0.05) is 10.8 Å².